The zero-order valence-electron chi connectivity index (χ0n) is 73.8. The van der Waals surface area contributed by atoms with Crippen LogP contribution in [0.5, 0.6) is 11.5 Å². The van der Waals surface area contributed by atoms with Gasteiger partial charge >= 0.3 is 52.6 Å². The molecule has 6 unspecified atom stereocenters. The molecule has 24 atom stereocenters. The van der Waals surface area contributed by atoms with E-state index in [1.54, 1.807) is 0 Å². The van der Waals surface area contributed by atoms with Gasteiger partial charge in [-0.1, -0.05) is 30.3 Å². The van der Waals surface area contributed by atoms with E-state index in [0.717, 1.165) is 55.3 Å². The van der Waals surface area contributed by atoms with Gasteiger partial charge in [0, 0.05) is 50.3 Å². The number of aromatic amines is 5. The number of phosphoric ester groups is 6. The minimum absolute atomic E-state index is 0.00538. The molecule has 2 aromatic carbocycles. The molecule has 6 fully saturated rings. The lowest BCUT2D eigenvalue weighted by Gasteiger charge is -2.26. The fraction of sp³-hybridized carbons (Fsp3) is 0.438. The molecule has 6 aliphatic rings. The Balaban J connectivity index is 0.545. The van der Waals surface area contributed by atoms with Crippen LogP contribution in [0.4, 0.5) is 29.6 Å². The van der Waals surface area contributed by atoms with E-state index in [2.05, 4.69) is 79.7 Å². The zero-order chi connectivity index (χ0) is 102. The second-order valence-corrected chi connectivity index (χ2v) is 41.5. The number of rotatable bonds is 39. The zero-order valence-corrected chi connectivity index (χ0v) is 79.1. The third-order valence-corrected chi connectivity index (χ3v) is 29.3. The number of nitrogens with one attached hydrogen (secondary N) is 5. The lowest BCUT2D eigenvalue weighted by molar-refractivity contribution is -0.0638. The van der Waals surface area contributed by atoms with Crippen LogP contribution in [0.2, 0.25) is 0 Å². The topological polar surface area (TPSA) is 902 Å². The number of ether oxygens (including phenoxy) is 7. The Morgan fingerprint density at radius 2 is 0.667 bits per heavy atom. The van der Waals surface area contributed by atoms with Gasteiger partial charge in [-0.15, -0.1) is 0 Å². The second-order valence-electron chi connectivity index (χ2n) is 33.1. The number of anilines is 5. The van der Waals surface area contributed by atoms with Crippen LogP contribution < -0.4 is 71.4 Å². The summed E-state index contributed by atoms with van der Waals surface area (Å²) in [6.07, 6.45) is -23.4. The largest absolute Gasteiger partial charge is 0.527 e. The van der Waals surface area contributed by atoms with Gasteiger partial charge in [0.1, 0.15) is 134 Å². The van der Waals surface area contributed by atoms with Crippen molar-refractivity contribution in [2.75, 3.05) is 68.3 Å². The summed E-state index contributed by atoms with van der Waals surface area (Å²) in [7, 11) is -33.2. The van der Waals surface area contributed by atoms with Crippen molar-refractivity contribution in [3.63, 3.8) is 0 Å². The molecule has 0 aliphatic carbocycles. The number of benzene rings is 2. The highest BCUT2D eigenvalue weighted by Gasteiger charge is 2.53. The van der Waals surface area contributed by atoms with Crippen molar-refractivity contribution in [2.45, 2.75) is 163 Å². The number of aliphatic hydroxyl groups is 1. The summed E-state index contributed by atoms with van der Waals surface area (Å²) in [6.45, 7) is -4.73. The molecule has 0 radical (unpaired) electrons. The van der Waals surface area contributed by atoms with E-state index in [9.17, 15) is 90.6 Å². The fourth-order valence-corrected chi connectivity index (χ4v) is 22.3. The first-order chi connectivity index (χ1) is 68.4. The summed E-state index contributed by atoms with van der Waals surface area (Å²) in [4.78, 5) is 204. The molecule has 22 N–H and O–H groups in total. The molecule has 19 rings (SSSR count). The van der Waals surface area contributed by atoms with Crippen molar-refractivity contribution in [2.24, 2.45) is 0 Å². The normalized spacial score (nSPS) is 27.2. The number of hydrogen-bond donors (Lipinski definition) is 17. The van der Waals surface area contributed by atoms with Gasteiger partial charge in [-0.3, -0.25) is 131 Å². The first-order valence-electron chi connectivity index (χ1n) is 42.9. The number of aliphatic hydroxyl groups excluding tert-OH is 1. The second kappa shape index (κ2) is 40.1. The van der Waals surface area contributed by atoms with Crippen LogP contribution in [0.25, 0.3) is 55.8 Å². The number of nitrogen functional groups attached to an aromatic ring is 5. The van der Waals surface area contributed by atoms with Crippen molar-refractivity contribution < 1.29 is 149 Å². The third kappa shape index (κ3) is 22.3. The fourth-order valence-electron chi connectivity index (χ4n) is 16.7. The lowest BCUT2D eigenvalue weighted by atomic mass is 10.2. The van der Waals surface area contributed by atoms with Crippen molar-refractivity contribution in [3.8, 4) is 11.5 Å². The van der Waals surface area contributed by atoms with E-state index in [1.165, 1.54) is 53.0 Å². The van der Waals surface area contributed by atoms with Crippen LogP contribution in [0, 0.1) is 6.92 Å². The standard InChI is InChI=1S/C73H85N27O38P6/c1-31-17-95(73(107)94-64(31)102)48-12-36(42(128-48)20-122-139(108,109)133-34-9-7-33(8-10-34)120-18-32-5-3-2-4-6-32)134-141(112,113)124-22-44-38(14-50(130-44)98-28-83-55-61(98)87-70(76)91-66(55)104)137-143(116,117)126-24-46-40(16-52(132-46)100-30-85-57-63(100)89-72(78)93-68(57)106)138-144(118,119)125-23-45-39(15-51(131-45)99-29-84-56-62(99)88-71(77)92-67(56)105)136-142(114,115)123-21-43-37(13-49(129-43)96-26-81-53-58(74)79-25-80-59(53)96)135-140(110,111)121-19-41-35(101)11-47(127-41)97-27-82-54-60(97)86-69(75)90-65(54)103/h2-10,17,25-30,35-52,101H,11-16,18-24H2,1H3,(H,108,109)(H,110,111)(H,112,113)(H,114,115)(H,116,117)(H,118,119)(H2,74,79,80)(H,94,102,107)(H3,75,86,90,103)(H3,76,87,91,104)(H3,77,88,92,105)(H3,78,89,93,106)/t35-,36-,37-,38-,39-,40-,41+,42+,43+,44+,45+,46+,47+,48+,49+,50+,51+,52+/m0/s1. The first-order valence-corrected chi connectivity index (χ1v) is 51.9. The molecule has 144 heavy (non-hydrogen) atoms. The highest BCUT2D eigenvalue weighted by atomic mass is 31.2. The number of hydrogen-bond acceptors (Lipinski definition) is 48. The molecular weight excluding hydrogens is 2050 g/mol. The summed E-state index contributed by atoms with van der Waals surface area (Å²) < 4.78 is 203. The van der Waals surface area contributed by atoms with Crippen LogP contribution in [0.1, 0.15) is 87.0 Å². The highest BCUT2D eigenvalue weighted by Crippen LogP contribution is 2.58. The summed E-state index contributed by atoms with van der Waals surface area (Å²) in [5.41, 5.74) is 24.1. The molecule has 0 spiro atoms. The SMILES string of the molecule is Cc1cn([C@H]2C[C@H](OP(=O)(O)OC[C@H]3O[C@@H](n4cnc5c(=O)[nH]c(N)nc54)C[C@@H]3OP(=O)(O)OC[C@H]3O[C@@H](n4cnc5c(=O)[nH]c(N)nc54)C[C@@H]3OP(=O)(O)OC[C@H]3O[C@@H](n4cnc5c(=O)[nH]c(N)nc54)C[C@@H]3OP(=O)(O)OC[C@H]3O[C@@H](n4cnc5c(N)ncnc54)C[C@@H]3OP(=O)(O)OC[C@H]3O[C@@H](n4cnc5c(=O)[nH]c(N)nc54)C[C@@H]3O)[C@@H](COP(=O)(O)Oc3ccc(OCc4ccccc4)cc3)O2)c(=O)[nH]c1=O. The smallest absolute Gasteiger partial charge is 0.489 e. The quantitative estimate of drug-likeness (QED) is 0.0233. The maximum atomic E-state index is 14.8. The van der Waals surface area contributed by atoms with E-state index in [1.807, 2.05) is 30.3 Å². The lowest BCUT2D eigenvalue weighted by Crippen LogP contribution is -2.33. The minimum atomic E-state index is -5.73. The van der Waals surface area contributed by atoms with Gasteiger partial charge in [0.2, 0.25) is 23.8 Å². The molecule has 13 aromatic rings. The Bertz CT molecular complexity index is 7740. The number of H-pyrrole nitrogens is 5. The Kier molecular flexibility index (Phi) is 28.1. The van der Waals surface area contributed by atoms with Crippen molar-refractivity contribution in [1.82, 2.24) is 107 Å². The Labute approximate surface area is 800 Å². The molecule has 65 nitrogen and oxygen atoms in total. The predicted molar refractivity (Wildman–Crippen MR) is 480 cm³/mol. The number of aromatic nitrogens is 22. The number of imidazole rings is 5. The predicted octanol–water partition coefficient (Wildman–Crippen LogP) is 0.501. The molecule has 6 aliphatic heterocycles. The van der Waals surface area contributed by atoms with Gasteiger partial charge in [0.15, 0.2) is 56.1 Å². The maximum Gasteiger partial charge on any atom is 0.527 e. The van der Waals surface area contributed by atoms with Crippen LogP contribution in [-0.4, -0.2) is 255 Å². The minimum Gasteiger partial charge on any atom is -0.489 e. The molecule has 770 valence electrons. The number of nitrogens with zero attached hydrogens (tertiary/aromatic N) is 17. The number of fused-ring (bicyclic) bond motifs is 5. The molecule has 0 saturated carbocycles. The first kappa shape index (κ1) is 101. The maximum absolute atomic E-state index is 14.8. The van der Waals surface area contributed by atoms with E-state index in [-0.39, 0.29) is 91.9 Å². The Hall–Kier alpha value is -11.9. The van der Waals surface area contributed by atoms with Crippen LogP contribution in [-0.2, 0) is 112 Å². The summed E-state index contributed by atoms with van der Waals surface area (Å²) in [5.74, 6) is -1.36. The molecular formula is C73H85N27O38P6. The summed E-state index contributed by atoms with van der Waals surface area (Å²) in [6, 6.07) is 14.7. The third-order valence-electron chi connectivity index (χ3n) is 23.4. The van der Waals surface area contributed by atoms with Gasteiger partial charge in [-0.2, -0.15) is 19.9 Å². The van der Waals surface area contributed by atoms with Crippen LogP contribution >= 0.6 is 46.9 Å². The van der Waals surface area contributed by atoms with Gasteiger partial charge < -0.3 is 95.9 Å². The molecule has 71 heteroatoms. The summed E-state index contributed by atoms with van der Waals surface area (Å²) >= 11 is 0. The average molecular weight is 2130 g/mol. The van der Waals surface area contributed by atoms with Gasteiger partial charge in [0.05, 0.1) is 77.4 Å². The number of nitrogens with two attached hydrogens (primary N) is 5. The summed E-state index contributed by atoms with van der Waals surface area (Å²) in [5, 5.41) is 11.1. The van der Waals surface area contributed by atoms with Gasteiger partial charge in [-0.25, -0.2) is 67.1 Å². The molecule has 0 amide bonds. The molecule has 17 heterocycles. The van der Waals surface area contributed by atoms with Crippen LogP contribution in [0.15, 0.2) is 128 Å². The van der Waals surface area contributed by atoms with Gasteiger partial charge in [0.25, 0.3) is 27.8 Å². The Morgan fingerprint density at radius 1 is 0.361 bits per heavy atom. The van der Waals surface area contributed by atoms with E-state index in [4.69, 9.17) is 116 Å². The number of phosphoric acid groups is 6. The Morgan fingerprint density at radius 3 is 1.03 bits per heavy atom. The molecule has 6 saturated heterocycles. The van der Waals surface area contributed by atoms with E-state index < -0.39 is 281 Å². The number of aryl methyl sites for hydroxylation is 1. The average Bonchev–Trinajstić information content (AvgIpc) is 1.64. The van der Waals surface area contributed by atoms with Gasteiger partial charge in [-0.05, 0) is 36.8 Å². The van der Waals surface area contributed by atoms with Crippen molar-refractivity contribution in [3.05, 3.63) is 172 Å². The molecule has 0 bridgehead atoms. The van der Waals surface area contributed by atoms with Crippen LogP contribution in [0.3, 0.4) is 0 Å². The monoisotopic (exact) mass is 2130 g/mol. The highest BCUT2D eigenvalue weighted by molar-refractivity contribution is 7.48. The van der Waals surface area contributed by atoms with E-state index >= 15 is 0 Å². The molecule has 11 aromatic heterocycles. The van der Waals surface area contributed by atoms with Crippen molar-refractivity contribution >= 4 is 132 Å². The van der Waals surface area contributed by atoms with E-state index in [0.29, 0.717) is 5.75 Å². The van der Waals surface area contributed by atoms with Crippen molar-refractivity contribution in [1.29, 1.82) is 0 Å².